The quantitative estimate of drug-likeness (QED) is 0.843. The maximum Gasteiger partial charge on any atom is 0.241 e. The third kappa shape index (κ3) is 3.43. The lowest BCUT2D eigenvalue weighted by Gasteiger charge is -2.15. The lowest BCUT2D eigenvalue weighted by Crippen LogP contribution is -2.39. The lowest BCUT2D eigenvalue weighted by molar-refractivity contribution is -0.118. The molecule has 6 heteroatoms. The van der Waals surface area contributed by atoms with Crippen molar-refractivity contribution in [2.24, 2.45) is 11.7 Å². The molecule has 0 spiro atoms. The van der Waals surface area contributed by atoms with Crippen molar-refractivity contribution in [2.75, 3.05) is 5.32 Å². The molecule has 16 heavy (non-hydrogen) atoms. The van der Waals surface area contributed by atoms with E-state index in [0.717, 1.165) is 0 Å². The van der Waals surface area contributed by atoms with Crippen LogP contribution in [0.3, 0.4) is 0 Å². The summed E-state index contributed by atoms with van der Waals surface area (Å²) in [5, 5.41) is 3.03. The molecule has 0 aliphatic heterocycles. The predicted octanol–water partition coefficient (Wildman–Crippen LogP) is 2.42. The summed E-state index contributed by atoms with van der Waals surface area (Å²) in [6, 6.07) is 1.15. The number of carbonyl (C=O) groups excluding carboxylic acids is 1. The number of amides is 1. The highest BCUT2D eigenvalue weighted by Gasteiger charge is 2.17. The van der Waals surface area contributed by atoms with E-state index in [2.05, 4.69) is 26.2 Å². The molecule has 1 aromatic rings. The summed E-state index contributed by atoms with van der Waals surface area (Å²) < 4.78 is 0.630. The minimum absolute atomic E-state index is 0.0868. The van der Waals surface area contributed by atoms with Crippen molar-refractivity contribution in [1.29, 1.82) is 0 Å². The maximum absolute atomic E-state index is 11.6. The summed E-state index contributed by atoms with van der Waals surface area (Å²) in [5.41, 5.74) is 6.27. The van der Waals surface area contributed by atoms with Crippen LogP contribution in [0.4, 0.5) is 5.69 Å². The van der Waals surface area contributed by atoms with Gasteiger partial charge in [-0.2, -0.15) is 0 Å². The zero-order chi connectivity index (χ0) is 12.3. The van der Waals surface area contributed by atoms with Gasteiger partial charge in [0.25, 0.3) is 0 Å². The summed E-state index contributed by atoms with van der Waals surface area (Å²) in [4.78, 5) is 15.5. The summed E-state index contributed by atoms with van der Waals surface area (Å²) in [6.45, 7) is 3.78. The Bertz CT molecular complexity index is 398. The summed E-state index contributed by atoms with van der Waals surface area (Å²) >= 11 is 8.96. The second kappa shape index (κ2) is 5.61. The zero-order valence-electron chi connectivity index (χ0n) is 9.00. The third-order valence-electron chi connectivity index (χ3n) is 2.08. The molecule has 0 radical (unpaired) electrons. The molecule has 3 N–H and O–H groups in total. The fraction of sp³-hybridized carbons (Fsp3) is 0.400. The van der Waals surface area contributed by atoms with Crippen LogP contribution in [0.1, 0.15) is 13.8 Å². The molecule has 0 aliphatic rings. The normalized spacial score (nSPS) is 12.6. The van der Waals surface area contributed by atoms with Crippen molar-refractivity contribution in [3.8, 4) is 0 Å². The van der Waals surface area contributed by atoms with E-state index in [4.69, 9.17) is 17.3 Å². The van der Waals surface area contributed by atoms with Crippen molar-refractivity contribution in [3.05, 3.63) is 21.9 Å². The molecule has 0 bridgehead atoms. The first-order chi connectivity index (χ1) is 7.41. The highest BCUT2D eigenvalue weighted by atomic mass is 79.9. The summed E-state index contributed by atoms with van der Waals surface area (Å²) in [5.74, 6) is -0.144. The van der Waals surface area contributed by atoms with Crippen LogP contribution in [0.25, 0.3) is 0 Å². The smallest absolute Gasteiger partial charge is 0.241 e. The van der Waals surface area contributed by atoms with Gasteiger partial charge in [-0.3, -0.25) is 4.79 Å². The van der Waals surface area contributed by atoms with Gasteiger partial charge in [0.1, 0.15) is 5.15 Å². The maximum atomic E-state index is 11.6. The molecular weight excluding hydrogens is 293 g/mol. The van der Waals surface area contributed by atoms with Gasteiger partial charge in [0, 0.05) is 0 Å². The van der Waals surface area contributed by atoms with E-state index in [-0.39, 0.29) is 11.8 Å². The van der Waals surface area contributed by atoms with Crippen LogP contribution in [0.2, 0.25) is 5.15 Å². The Balaban J connectivity index is 2.74. The van der Waals surface area contributed by atoms with Gasteiger partial charge in [-0.25, -0.2) is 4.98 Å². The number of rotatable bonds is 3. The summed E-state index contributed by atoms with van der Waals surface area (Å²) in [6.07, 6.45) is 1.48. The van der Waals surface area contributed by atoms with Crippen LogP contribution in [-0.4, -0.2) is 16.9 Å². The van der Waals surface area contributed by atoms with E-state index in [0.29, 0.717) is 15.3 Å². The van der Waals surface area contributed by atoms with Crippen LogP contribution >= 0.6 is 27.5 Å². The molecule has 88 valence electrons. The van der Waals surface area contributed by atoms with Crippen LogP contribution < -0.4 is 11.1 Å². The monoisotopic (exact) mass is 305 g/mol. The van der Waals surface area contributed by atoms with Gasteiger partial charge < -0.3 is 11.1 Å². The Kier molecular flexibility index (Phi) is 4.70. The molecule has 1 aromatic heterocycles. The molecule has 1 rings (SSSR count). The molecule has 0 saturated carbocycles. The lowest BCUT2D eigenvalue weighted by atomic mass is 10.1. The van der Waals surface area contributed by atoms with Gasteiger partial charge in [0.2, 0.25) is 5.91 Å². The number of nitrogens with two attached hydrogens (primary N) is 1. The van der Waals surface area contributed by atoms with Crippen molar-refractivity contribution in [3.63, 3.8) is 0 Å². The molecule has 0 saturated heterocycles. The molecular formula is C10H13BrClN3O. The largest absolute Gasteiger partial charge is 0.323 e. The van der Waals surface area contributed by atoms with Gasteiger partial charge in [-0.15, -0.1) is 0 Å². The fourth-order valence-electron chi connectivity index (χ4n) is 1.02. The van der Waals surface area contributed by atoms with Crippen molar-refractivity contribution >= 4 is 39.1 Å². The van der Waals surface area contributed by atoms with Gasteiger partial charge >= 0.3 is 0 Å². The number of nitrogens with zero attached hydrogens (tertiary/aromatic N) is 1. The first kappa shape index (κ1) is 13.4. The molecule has 0 fully saturated rings. The first-order valence-corrected chi connectivity index (χ1v) is 5.96. The molecule has 0 unspecified atom stereocenters. The number of halogens is 2. The zero-order valence-corrected chi connectivity index (χ0v) is 11.3. The van der Waals surface area contributed by atoms with Crippen LogP contribution in [0.15, 0.2) is 16.7 Å². The average molecular weight is 307 g/mol. The molecule has 4 nitrogen and oxygen atoms in total. The predicted molar refractivity (Wildman–Crippen MR) is 68.4 cm³/mol. The van der Waals surface area contributed by atoms with Gasteiger partial charge in [-0.05, 0) is 27.9 Å². The number of pyridine rings is 1. The number of hydrogen-bond acceptors (Lipinski definition) is 3. The Morgan fingerprint density at radius 2 is 2.25 bits per heavy atom. The minimum Gasteiger partial charge on any atom is -0.323 e. The van der Waals surface area contributed by atoms with E-state index in [1.807, 2.05) is 13.8 Å². The SMILES string of the molecule is CC(C)[C@H](N)C(=O)Nc1cnc(Cl)c(Br)c1. The highest BCUT2D eigenvalue weighted by molar-refractivity contribution is 9.10. The fourth-order valence-corrected chi connectivity index (χ4v) is 1.47. The van der Waals surface area contributed by atoms with Gasteiger partial charge in [-0.1, -0.05) is 25.4 Å². The average Bonchev–Trinajstić information content (AvgIpc) is 2.22. The molecule has 0 aromatic carbocycles. The molecule has 1 heterocycles. The first-order valence-electron chi connectivity index (χ1n) is 4.79. The van der Waals surface area contributed by atoms with E-state index in [1.165, 1.54) is 6.20 Å². The van der Waals surface area contributed by atoms with Crippen molar-refractivity contribution < 1.29 is 4.79 Å². The topological polar surface area (TPSA) is 68.0 Å². The highest BCUT2D eigenvalue weighted by Crippen LogP contribution is 2.22. The second-order valence-corrected chi connectivity index (χ2v) is 4.97. The number of hydrogen-bond donors (Lipinski definition) is 2. The molecule has 0 aliphatic carbocycles. The van der Waals surface area contributed by atoms with Crippen LogP contribution in [0, 0.1) is 5.92 Å². The Morgan fingerprint density at radius 1 is 1.62 bits per heavy atom. The van der Waals surface area contributed by atoms with Gasteiger partial charge in [0.15, 0.2) is 0 Å². The number of anilines is 1. The van der Waals surface area contributed by atoms with E-state index in [9.17, 15) is 4.79 Å². The minimum atomic E-state index is -0.533. The van der Waals surface area contributed by atoms with Crippen molar-refractivity contribution in [2.45, 2.75) is 19.9 Å². The van der Waals surface area contributed by atoms with Crippen LogP contribution in [-0.2, 0) is 4.79 Å². The van der Waals surface area contributed by atoms with E-state index >= 15 is 0 Å². The second-order valence-electron chi connectivity index (χ2n) is 3.76. The standard InChI is InChI=1S/C10H13BrClN3O/c1-5(2)8(13)10(16)15-6-3-7(11)9(12)14-4-6/h3-5,8H,13H2,1-2H3,(H,15,16)/t8-/m0/s1. The van der Waals surface area contributed by atoms with Crippen molar-refractivity contribution in [1.82, 2.24) is 4.98 Å². The Morgan fingerprint density at radius 3 is 2.75 bits per heavy atom. The van der Waals surface area contributed by atoms with E-state index in [1.54, 1.807) is 6.07 Å². The summed E-state index contributed by atoms with van der Waals surface area (Å²) in [7, 11) is 0. The van der Waals surface area contributed by atoms with E-state index < -0.39 is 6.04 Å². The Labute approximate surface area is 108 Å². The van der Waals surface area contributed by atoms with Gasteiger partial charge in [0.05, 0.1) is 22.4 Å². The number of nitrogens with one attached hydrogen (secondary N) is 1. The number of carbonyl (C=O) groups is 1. The molecule has 1 amide bonds. The number of aromatic nitrogens is 1. The third-order valence-corrected chi connectivity index (χ3v) is 3.22. The Hall–Kier alpha value is -0.650. The van der Waals surface area contributed by atoms with Crippen LogP contribution in [0.5, 0.6) is 0 Å². The molecule has 1 atom stereocenters.